The first-order chi connectivity index (χ1) is 15.3. The van der Waals surface area contributed by atoms with Crippen LogP contribution in [0.2, 0.25) is 0 Å². The van der Waals surface area contributed by atoms with E-state index in [-0.39, 0.29) is 11.4 Å². The van der Waals surface area contributed by atoms with Crippen molar-refractivity contribution in [3.8, 4) is 0 Å². The smallest absolute Gasteiger partial charge is 0.243 e. The number of nitrogens with one attached hydrogen (secondary N) is 1. The van der Waals surface area contributed by atoms with E-state index in [9.17, 15) is 16.8 Å². The van der Waals surface area contributed by atoms with E-state index in [1.54, 1.807) is 32.0 Å². The molecule has 3 rings (SSSR count). The van der Waals surface area contributed by atoms with Crippen molar-refractivity contribution < 1.29 is 16.8 Å². The topological polar surface area (TPSA) is 86.8 Å². The number of hydrogen-bond donors (Lipinski definition) is 1. The van der Waals surface area contributed by atoms with Crippen LogP contribution in [0.1, 0.15) is 22.3 Å². The van der Waals surface area contributed by atoms with E-state index in [1.807, 2.05) is 19.9 Å². The molecule has 0 amide bonds. The van der Waals surface area contributed by atoms with Crippen molar-refractivity contribution in [1.29, 1.82) is 0 Å². The van der Waals surface area contributed by atoms with E-state index in [0.717, 1.165) is 20.1 Å². The maximum atomic E-state index is 13.2. The zero-order valence-corrected chi connectivity index (χ0v) is 24.0. The molecule has 1 aliphatic heterocycles. The van der Waals surface area contributed by atoms with Crippen molar-refractivity contribution in [1.82, 2.24) is 13.9 Å². The van der Waals surface area contributed by atoms with Crippen molar-refractivity contribution in [3.63, 3.8) is 0 Å². The largest absolute Gasteiger partial charge is 0.299 e. The third-order valence-electron chi connectivity index (χ3n) is 5.87. The van der Waals surface area contributed by atoms with Gasteiger partial charge in [-0.25, -0.2) is 21.6 Å². The minimum absolute atomic E-state index is 0.259. The summed E-state index contributed by atoms with van der Waals surface area (Å²) in [6.45, 7) is 9.90. The predicted octanol–water partition coefficient (Wildman–Crippen LogP) is 3.73. The first kappa shape index (κ1) is 26.8. The Morgan fingerprint density at radius 3 is 1.79 bits per heavy atom. The Kier molecular flexibility index (Phi) is 8.46. The normalized spacial score (nSPS) is 16.3. The van der Waals surface area contributed by atoms with Crippen LogP contribution in [0.15, 0.2) is 43.0 Å². The Morgan fingerprint density at radius 2 is 1.24 bits per heavy atom. The number of hydrogen-bond acceptors (Lipinski definition) is 5. The van der Waals surface area contributed by atoms with Crippen LogP contribution in [0.25, 0.3) is 0 Å². The third-order valence-corrected chi connectivity index (χ3v) is 11.2. The van der Waals surface area contributed by atoms with Crippen molar-refractivity contribution in [2.24, 2.45) is 0 Å². The third kappa shape index (κ3) is 6.06. The summed E-state index contributed by atoms with van der Waals surface area (Å²) in [5.74, 6) is 0. The number of sulfonamides is 2. The number of nitrogens with zero attached hydrogens (tertiary/aromatic N) is 2. The van der Waals surface area contributed by atoms with Gasteiger partial charge in [-0.2, -0.15) is 4.31 Å². The van der Waals surface area contributed by atoms with Gasteiger partial charge in [0.25, 0.3) is 0 Å². The van der Waals surface area contributed by atoms with Crippen LogP contribution in [-0.4, -0.2) is 65.3 Å². The van der Waals surface area contributed by atoms with E-state index in [4.69, 9.17) is 0 Å². The van der Waals surface area contributed by atoms with Crippen LogP contribution in [-0.2, 0) is 20.0 Å². The zero-order valence-electron chi connectivity index (χ0n) is 19.2. The Bertz CT molecular complexity index is 1250. The summed E-state index contributed by atoms with van der Waals surface area (Å²) in [6.07, 6.45) is 0. The Morgan fingerprint density at radius 1 is 0.758 bits per heavy atom. The van der Waals surface area contributed by atoms with E-state index >= 15 is 0 Å². The SMILES string of the molecule is Cc1cc(S(=O)(=O)NCCN2CCN(S(=O)(=O)c3cc(C)c(Br)cc3C)CC2)c(C)cc1Br. The highest BCUT2D eigenvalue weighted by molar-refractivity contribution is 9.10. The second-order valence-corrected chi connectivity index (χ2v) is 13.7. The van der Waals surface area contributed by atoms with Crippen LogP contribution >= 0.6 is 31.9 Å². The molecule has 1 heterocycles. The number of halogens is 2. The molecule has 7 nitrogen and oxygen atoms in total. The molecule has 0 atom stereocenters. The highest BCUT2D eigenvalue weighted by Gasteiger charge is 2.30. The molecule has 0 aromatic heterocycles. The summed E-state index contributed by atoms with van der Waals surface area (Å²) in [5.41, 5.74) is 3.12. The summed E-state index contributed by atoms with van der Waals surface area (Å²) in [7, 11) is -7.20. The lowest BCUT2D eigenvalue weighted by atomic mass is 10.2. The van der Waals surface area contributed by atoms with Crippen LogP contribution in [0.5, 0.6) is 0 Å². The lowest BCUT2D eigenvalue weighted by Gasteiger charge is -2.34. The maximum absolute atomic E-state index is 13.2. The van der Waals surface area contributed by atoms with E-state index in [0.29, 0.717) is 48.7 Å². The molecule has 1 N–H and O–H groups in total. The van der Waals surface area contributed by atoms with Gasteiger partial charge in [-0.15, -0.1) is 0 Å². The highest BCUT2D eigenvalue weighted by atomic mass is 79.9. The molecule has 2 aromatic carbocycles. The van der Waals surface area contributed by atoms with Gasteiger partial charge in [0.1, 0.15) is 0 Å². The first-order valence-corrected chi connectivity index (χ1v) is 15.1. The van der Waals surface area contributed by atoms with E-state index in [2.05, 4.69) is 41.5 Å². The fourth-order valence-corrected chi connectivity index (χ4v) is 7.78. The number of aryl methyl sites for hydroxylation is 4. The maximum Gasteiger partial charge on any atom is 0.243 e. The second kappa shape index (κ2) is 10.4. The van der Waals surface area contributed by atoms with Gasteiger partial charge in [0, 0.05) is 48.2 Å². The second-order valence-electron chi connectivity index (χ2n) is 8.38. The Labute approximate surface area is 213 Å². The molecule has 1 aliphatic rings. The highest BCUT2D eigenvalue weighted by Crippen LogP contribution is 2.27. The molecule has 11 heteroatoms. The fourth-order valence-electron chi connectivity index (χ4n) is 3.82. The lowest BCUT2D eigenvalue weighted by molar-refractivity contribution is 0.191. The Balaban J connectivity index is 1.58. The van der Waals surface area contributed by atoms with Gasteiger partial charge in [0.2, 0.25) is 20.0 Å². The van der Waals surface area contributed by atoms with Crippen LogP contribution in [0.3, 0.4) is 0 Å². The number of rotatable bonds is 7. The quantitative estimate of drug-likeness (QED) is 0.509. The summed E-state index contributed by atoms with van der Waals surface area (Å²) >= 11 is 6.87. The van der Waals surface area contributed by atoms with Crippen molar-refractivity contribution in [2.75, 3.05) is 39.3 Å². The molecular formula is C22H29Br2N3O4S2. The van der Waals surface area contributed by atoms with Crippen molar-refractivity contribution >= 4 is 51.9 Å². The standard InChI is InChI=1S/C22H29Br2N3O4S2/c1-15-13-21(17(3)11-19(15)23)32(28,29)25-5-6-26-7-9-27(10-8-26)33(30,31)22-14-16(2)20(24)12-18(22)4/h11-14,25H,5-10H2,1-4H3. The summed E-state index contributed by atoms with van der Waals surface area (Å²) < 4.78 is 57.8. The molecule has 0 aliphatic carbocycles. The van der Waals surface area contributed by atoms with E-state index in [1.165, 1.54) is 4.31 Å². The van der Waals surface area contributed by atoms with E-state index < -0.39 is 20.0 Å². The molecule has 1 saturated heterocycles. The van der Waals surface area contributed by atoms with Crippen molar-refractivity contribution in [3.05, 3.63) is 55.5 Å². The average molecular weight is 623 g/mol. The van der Waals surface area contributed by atoms with Crippen LogP contribution < -0.4 is 4.72 Å². The average Bonchev–Trinajstić information content (AvgIpc) is 2.73. The minimum atomic E-state index is -3.62. The van der Waals surface area contributed by atoms with Gasteiger partial charge in [-0.05, 0) is 74.2 Å². The molecule has 0 bridgehead atoms. The summed E-state index contributed by atoms with van der Waals surface area (Å²) in [4.78, 5) is 2.69. The van der Waals surface area contributed by atoms with Crippen LogP contribution in [0, 0.1) is 27.7 Å². The molecule has 0 radical (unpaired) electrons. The minimum Gasteiger partial charge on any atom is -0.299 e. The van der Waals surface area contributed by atoms with Gasteiger partial charge in [-0.1, -0.05) is 31.9 Å². The molecular weight excluding hydrogens is 594 g/mol. The van der Waals surface area contributed by atoms with Crippen molar-refractivity contribution in [2.45, 2.75) is 37.5 Å². The van der Waals surface area contributed by atoms with Gasteiger partial charge >= 0.3 is 0 Å². The fraction of sp³-hybridized carbons (Fsp3) is 0.455. The molecule has 2 aromatic rings. The summed E-state index contributed by atoms with van der Waals surface area (Å²) in [5, 5.41) is 0. The van der Waals surface area contributed by atoms with Gasteiger partial charge in [0.05, 0.1) is 9.79 Å². The molecule has 0 saturated carbocycles. The molecule has 0 spiro atoms. The number of benzene rings is 2. The molecule has 1 fully saturated rings. The van der Waals surface area contributed by atoms with Crippen LogP contribution in [0.4, 0.5) is 0 Å². The zero-order chi connectivity index (χ0) is 24.6. The molecule has 182 valence electrons. The Hall–Kier alpha value is -0.820. The van der Waals surface area contributed by atoms with Gasteiger partial charge < -0.3 is 0 Å². The molecule has 0 unspecified atom stereocenters. The molecule has 33 heavy (non-hydrogen) atoms. The summed E-state index contributed by atoms with van der Waals surface area (Å²) in [6, 6.07) is 7.01. The monoisotopic (exact) mass is 621 g/mol. The van der Waals surface area contributed by atoms with Gasteiger partial charge in [0.15, 0.2) is 0 Å². The van der Waals surface area contributed by atoms with Gasteiger partial charge in [-0.3, -0.25) is 4.90 Å². The number of piperazine rings is 1. The lowest BCUT2D eigenvalue weighted by Crippen LogP contribution is -2.50. The predicted molar refractivity (Wildman–Crippen MR) is 138 cm³/mol. The first-order valence-electron chi connectivity index (χ1n) is 10.6.